The van der Waals surface area contributed by atoms with Crippen molar-refractivity contribution < 1.29 is 4.74 Å². The highest BCUT2D eigenvalue weighted by Gasteiger charge is 2.05. The van der Waals surface area contributed by atoms with Crippen molar-refractivity contribution in [2.24, 2.45) is 0 Å². The number of rotatable bonds is 7. The molecule has 0 aliphatic heterocycles. The summed E-state index contributed by atoms with van der Waals surface area (Å²) in [7, 11) is 5.78. The van der Waals surface area contributed by atoms with E-state index < -0.39 is 0 Å². The Hall–Kier alpha value is -0.770. The van der Waals surface area contributed by atoms with E-state index in [1.165, 1.54) is 0 Å². The monoisotopic (exact) mass is 256 g/mol. The number of hydrogen-bond donors (Lipinski definition) is 1. The van der Waals surface area contributed by atoms with Crippen LogP contribution in [0.5, 0.6) is 5.75 Å². The Morgan fingerprint density at radius 1 is 1.35 bits per heavy atom. The Bertz CT molecular complexity index is 344. The number of nitrogens with zero attached hydrogens (tertiary/aromatic N) is 1. The number of methoxy groups -OCH3 is 1. The van der Waals surface area contributed by atoms with Crippen molar-refractivity contribution in [3.63, 3.8) is 0 Å². The van der Waals surface area contributed by atoms with Crippen LogP contribution in [0, 0.1) is 0 Å². The molecule has 0 saturated heterocycles. The predicted octanol–water partition coefficient (Wildman–Crippen LogP) is 2.04. The van der Waals surface area contributed by atoms with Crippen LogP contribution in [0.1, 0.15) is 5.56 Å². The van der Waals surface area contributed by atoms with Crippen LogP contribution in [0.4, 0.5) is 0 Å². The van der Waals surface area contributed by atoms with E-state index >= 15 is 0 Å². The Labute approximate surface area is 109 Å². The highest BCUT2D eigenvalue weighted by atomic mass is 35.5. The molecule has 0 aromatic heterocycles. The largest absolute Gasteiger partial charge is 0.496 e. The third kappa shape index (κ3) is 4.94. The molecule has 0 heterocycles. The Balaban J connectivity index is 2.52. The fraction of sp³-hybridized carbons (Fsp3) is 0.538. The third-order valence-corrected chi connectivity index (χ3v) is 2.98. The van der Waals surface area contributed by atoms with Crippen molar-refractivity contribution in [3.8, 4) is 5.75 Å². The van der Waals surface area contributed by atoms with Crippen LogP contribution in [0.3, 0.4) is 0 Å². The van der Waals surface area contributed by atoms with Gasteiger partial charge in [0.1, 0.15) is 5.75 Å². The number of hydrogen-bond acceptors (Lipinski definition) is 3. The van der Waals surface area contributed by atoms with Gasteiger partial charge in [-0.2, -0.15) is 0 Å². The van der Waals surface area contributed by atoms with Crippen molar-refractivity contribution in [2.45, 2.75) is 6.42 Å². The third-order valence-electron chi connectivity index (χ3n) is 2.75. The van der Waals surface area contributed by atoms with Crippen LogP contribution in [-0.2, 0) is 6.42 Å². The normalized spacial score (nSPS) is 10.9. The van der Waals surface area contributed by atoms with Gasteiger partial charge in [-0.05, 0) is 44.3 Å². The summed E-state index contributed by atoms with van der Waals surface area (Å²) in [5, 5.41) is 3.90. The molecule has 0 bridgehead atoms. The highest BCUT2D eigenvalue weighted by Crippen LogP contribution is 2.23. The molecule has 0 amide bonds. The zero-order valence-corrected chi connectivity index (χ0v) is 11.5. The quantitative estimate of drug-likeness (QED) is 0.808. The second kappa shape index (κ2) is 7.54. The molecule has 0 spiro atoms. The molecule has 96 valence electrons. The molecule has 0 radical (unpaired) electrons. The van der Waals surface area contributed by atoms with Gasteiger partial charge >= 0.3 is 0 Å². The molecule has 0 unspecified atom stereocenters. The number of benzene rings is 1. The van der Waals surface area contributed by atoms with E-state index in [2.05, 4.69) is 17.3 Å². The summed E-state index contributed by atoms with van der Waals surface area (Å²) in [4.78, 5) is 2.29. The molecule has 1 aromatic carbocycles. The lowest BCUT2D eigenvalue weighted by Crippen LogP contribution is -2.29. The molecule has 3 nitrogen and oxygen atoms in total. The van der Waals surface area contributed by atoms with E-state index in [1.807, 2.05) is 25.2 Å². The predicted molar refractivity (Wildman–Crippen MR) is 73.1 cm³/mol. The molecule has 0 aliphatic rings. The standard InChI is InChI=1S/C13H21ClN2O/c1-15-7-9-16(2)8-6-11-10-12(14)4-5-13(11)17-3/h4-5,10,15H,6-9H2,1-3H3. The van der Waals surface area contributed by atoms with Crippen LogP contribution in [0.25, 0.3) is 0 Å². The summed E-state index contributed by atoms with van der Waals surface area (Å²) in [5.41, 5.74) is 1.16. The van der Waals surface area contributed by atoms with Gasteiger partial charge < -0.3 is 15.0 Å². The first kappa shape index (κ1) is 14.3. The first-order chi connectivity index (χ1) is 8.17. The van der Waals surface area contributed by atoms with Gasteiger partial charge in [0.2, 0.25) is 0 Å². The van der Waals surface area contributed by atoms with E-state index in [0.717, 1.165) is 42.4 Å². The van der Waals surface area contributed by atoms with Crippen molar-refractivity contribution in [3.05, 3.63) is 28.8 Å². The molecule has 1 N–H and O–H groups in total. The highest BCUT2D eigenvalue weighted by molar-refractivity contribution is 6.30. The van der Waals surface area contributed by atoms with Crippen molar-refractivity contribution in [1.29, 1.82) is 0 Å². The van der Waals surface area contributed by atoms with Crippen LogP contribution < -0.4 is 10.1 Å². The molecule has 0 fully saturated rings. The summed E-state index contributed by atoms with van der Waals surface area (Å²) < 4.78 is 5.32. The average molecular weight is 257 g/mol. The van der Waals surface area contributed by atoms with E-state index in [-0.39, 0.29) is 0 Å². The Morgan fingerprint density at radius 2 is 2.12 bits per heavy atom. The van der Waals surface area contributed by atoms with Gasteiger partial charge in [-0.25, -0.2) is 0 Å². The van der Waals surface area contributed by atoms with Gasteiger partial charge in [-0.1, -0.05) is 11.6 Å². The number of nitrogens with one attached hydrogen (secondary N) is 1. The zero-order valence-electron chi connectivity index (χ0n) is 10.8. The number of halogens is 1. The van der Waals surface area contributed by atoms with E-state index in [1.54, 1.807) is 7.11 Å². The van der Waals surface area contributed by atoms with Gasteiger partial charge in [0.15, 0.2) is 0 Å². The minimum absolute atomic E-state index is 0.763. The van der Waals surface area contributed by atoms with Crippen LogP contribution in [0.2, 0.25) is 5.02 Å². The first-order valence-electron chi connectivity index (χ1n) is 5.83. The molecular weight excluding hydrogens is 236 g/mol. The number of ether oxygens (including phenoxy) is 1. The van der Waals surface area contributed by atoms with E-state index in [0.29, 0.717) is 0 Å². The first-order valence-corrected chi connectivity index (χ1v) is 6.20. The van der Waals surface area contributed by atoms with Gasteiger partial charge in [0.05, 0.1) is 7.11 Å². The molecule has 4 heteroatoms. The van der Waals surface area contributed by atoms with Crippen LogP contribution in [-0.4, -0.2) is 45.7 Å². The Kier molecular flexibility index (Phi) is 6.34. The fourth-order valence-electron chi connectivity index (χ4n) is 1.67. The molecule has 0 atom stereocenters. The zero-order chi connectivity index (χ0) is 12.7. The summed E-state index contributed by atoms with van der Waals surface area (Å²) in [6.45, 7) is 3.04. The SMILES string of the molecule is CNCCN(C)CCc1cc(Cl)ccc1OC. The maximum atomic E-state index is 5.99. The lowest BCUT2D eigenvalue weighted by Gasteiger charge is -2.17. The van der Waals surface area contributed by atoms with Gasteiger partial charge in [0, 0.05) is 24.7 Å². The fourth-order valence-corrected chi connectivity index (χ4v) is 1.86. The molecule has 1 aromatic rings. The van der Waals surface area contributed by atoms with Crippen LogP contribution >= 0.6 is 11.6 Å². The molecule has 17 heavy (non-hydrogen) atoms. The second-order valence-electron chi connectivity index (χ2n) is 4.11. The van der Waals surface area contributed by atoms with Gasteiger partial charge in [-0.15, -0.1) is 0 Å². The number of likely N-dealkylation sites (N-methyl/N-ethyl adjacent to an activating group) is 2. The second-order valence-corrected chi connectivity index (χ2v) is 4.55. The topological polar surface area (TPSA) is 24.5 Å². The van der Waals surface area contributed by atoms with Gasteiger partial charge in [-0.3, -0.25) is 0 Å². The Morgan fingerprint density at radius 3 is 2.76 bits per heavy atom. The molecule has 0 aliphatic carbocycles. The molecule has 0 saturated carbocycles. The maximum Gasteiger partial charge on any atom is 0.122 e. The molecule has 1 rings (SSSR count). The summed E-state index contributed by atoms with van der Waals surface area (Å²) >= 11 is 5.99. The van der Waals surface area contributed by atoms with Crippen molar-refractivity contribution in [1.82, 2.24) is 10.2 Å². The van der Waals surface area contributed by atoms with Crippen molar-refractivity contribution >= 4 is 11.6 Å². The smallest absolute Gasteiger partial charge is 0.122 e. The van der Waals surface area contributed by atoms with E-state index in [9.17, 15) is 0 Å². The van der Waals surface area contributed by atoms with Crippen LogP contribution in [0.15, 0.2) is 18.2 Å². The minimum atomic E-state index is 0.763. The maximum absolute atomic E-state index is 5.99. The lowest BCUT2D eigenvalue weighted by molar-refractivity contribution is 0.336. The van der Waals surface area contributed by atoms with Crippen molar-refractivity contribution in [2.75, 3.05) is 40.8 Å². The lowest BCUT2D eigenvalue weighted by atomic mass is 10.1. The summed E-state index contributed by atoms with van der Waals surface area (Å²) in [6, 6.07) is 5.76. The average Bonchev–Trinajstić information content (AvgIpc) is 2.34. The molecular formula is C13H21ClN2O. The minimum Gasteiger partial charge on any atom is -0.496 e. The summed E-state index contributed by atoms with van der Waals surface area (Å²) in [5.74, 6) is 0.913. The van der Waals surface area contributed by atoms with Gasteiger partial charge in [0.25, 0.3) is 0 Å². The van der Waals surface area contributed by atoms with E-state index in [4.69, 9.17) is 16.3 Å². The summed E-state index contributed by atoms with van der Waals surface area (Å²) in [6.07, 6.45) is 0.948.